The average molecular weight is 411 g/mol. The summed E-state index contributed by atoms with van der Waals surface area (Å²) in [6.45, 7) is 4.87. The molecule has 4 rings (SSSR count). The fraction of sp³-hybridized carbons (Fsp3) is 0.182. The molecular formula is C22H19ClN2O2S. The van der Waals surface area contributed by atoms with E-state index in [2.05, 4.69) is 18.8 Å². The predicted octanol–water partition coefficient (Wildman–Crippen LogP) is 5.80. The number of ether oxygens (including phenoxy) is 1. The summed E-state index contributed by atoms with van der Waals surface area (Å²) in [5, 5.41) is 0.686. The maximum absolute atomic E-state index is 13.0. The van der Waals surface area contributed by atoms with E-state index in [4.69, 9.17) is 16.3 Å². The highest BCUT2D eigenvalue weighted by atomic mass is 35.5. The summed E-state index contributed by atoms with van der Waals surface area (Å²) in [5.41, 5.74) is 2.40. The van der Waals surface area contributed by atoms with Crippen molar-refractivity contribution in [3.8, 4) is 21.9 Å². The van der Waals surface area contributed by atoms with Gasteiger partial charge in [0.25, 0.3) is 5.56 Å². The van der Waals surface area contributed by atoms with Crippen LogP contribution < -0.4 is 10.3 Å². The van der Waals surface area contributed by atoms with Crippen LogP contribution in [0.5, 0.6) is 5.75 Å². The Hall–Kier alpha value is -2.63. The second kappa shape index (κ2) is 7.78. The van der Waals surface area contributed by atoms with Crippen molar-refractivity contribution in [2.45, 2.75) is 13.8 Å². The molecule has 2 heterocycles. The molecule has 0 bridgehead atoms. The third-order valence-electron chi connectivity index (χ3n) is 4.26. The third kappa shape index (κ3) is 3.81. The zero-order valence-electron chi connectivity index (χ0n) is 15.6. The maximum atomic E-state index is 13.0. The van der Waals surface area contributed by atoms with Gasteiger partial charge < -0.3 is 4.74 Å². The predicted molar refractivity (Wildman–Crippen MR) is 116 cm³/mol. The molecule has 0 spiro atoms. The maximum Gasteiger partial charge on any atom is 0.275 e. The van der Waals surface area contributed by atoms with Crippen LogP contribution in [0.25, 0.3) is 26.3 Å². The van der Waals surface area contributed by atoms with Crippen LogP contribution >= 0.6 is 22.9 Å². The SMILES string of the molecule is CC(C)COc1ccc(-n2cnc3cc(-c4ccc(Cl)cc4)sc3c2=O)cc1. The van der Waals surface area contributed by atoms with Gasteiger partial charge in [-0.2, -0.15) is 0 Å². The van der Waals surface area contributed by atoms with E-state index >= 15 is 0 Å². The number of aromatic nitrogens is 2. The van der Waals surface area contributed by atoms with E-state index in [-0.39, 0.29) is 5.56 Å². The minimum absolute atomic E-state index is 0.0777. The van der Waals surface area contributed by atoms with Crippen molar-refractivity contribution in [2.24, 2.45) is 5.92 Å². The van der Waals surface area contributed by atoms with Gasteiger partial charge in [0.2, 0.25) is 0 Å². The van der Waals surface area contributed by atoms with Crippen molar-refractivity contribution < 1.29 is 4.74 Å². The fourth-order valence-corrected chi connectivity index (χ4v) is 3.99. The molecule has 4 aromatic rings. The first-order valence-electron chi connectivity index (χ1n) is 9.01. The highest BCUT2D eigenvalue weighted by Crippen LogP contribution is 2.31. The molecule has 0 unspecified atom stereocenters. The molecule has 0 saturated heterocycles. The largest absolute Gasteiger partial charge is 0.493 e. The Balaban J connectivity index is 1.68. The van der Waals surface area contributed by atoms with Gasteiger partial charge in [0.1, 0.15) is 16.8 Å². The molecule has 2 aromatic heterocycles. The van der Waals surface area contributed by atoms with Crippen LogP contribution in [0.4, 0.5) is 0 Å². The number of rotatable bonds is 5. The van der Waals surface area contributed by atoms with Crippen LogP contribution in [0, 0.1) is 5.92 Å². The summed E-state index contributed by atoms with van der Waals surface area (Å²) in [5.74, 6) is 1.25. The Bertz CT molecular complexity index is 1160. The standard InChI is InChI=1S/C22H19ClN2O2S/c1-14(2)12-27-18-9-7-17(8-10-18)25-13-24-19-11-20(28-21(19)22(25)26)15-3-5-16(23)6-4-15/h3-11,13-14H,12H2,1-2H3. The van der Waals surface area contributed by atoms with Gasteiger partial charge in [-0.15, -0.1) is 11.3 Å². The molecule has 0 aliphatic rings. The third-order valence-corrected chi connectivity index (χ3v) is 5.68. The minimum Gasteiger partial charge on any atom is -0.493 e. The van der Waals surface area contributed by atoms with Gasteiger partial charge in [-0.05, 0) is 53.9 Å². The van der Waals surface area contributed by atoms with E-state index < -0.39 is 0 Å². The number of hydrogen-bond acceptors (Lipinski definition) is 4. The van der Waals surface area contributed by atoms with Crippen LogP contribution in [0.3, 0.4) is 0 Å². The zero-order chi connectivity index (χ0) is 19.7. The molecule has 0 radical (unpaired) electrons. The van der Waals surface area contributed by atoms with Crippen molar-refractivity contribution in [1.29, 1.82) is 0 Å². The number of nitrogens with zero attached hydrogens (tertiary/aromatic N) is 2. The Morgan fingerprint density at radius 2 is 1.82 bits per heavy atom. The first kappa shape index (κ1) is 18.7. The molecule has 0 saturated carbocycles. The van der Waals surface area contributed by atoms with E-state index in [1.54, 1.807) is 10.9 Å². The molecular weight excluding hydrogens is 392 g/mol. The monoisotopic (exact) mass is 410 g/mol. The van der Waals surface area contributed by atoms with Gasteiger partial charge in [0.15, 0.2) is 0 Å². The molecule has 2 aromatic carbocycles. The lowest BCUT2D eigenvalue weighted by molar-refractivity contribution is 0.271. The second-order valence-corrected chi connectivity index (χ2v) is 8.44. The van der Waals surface area contributed by atoms with Gasteiger partial charge in [-0.3, -0.25) is 9.36 Å². The van der Waals surface area contributed by atoms with Gasteiger partial charge in [-0.1, -0.05) is 37.6 Å². The first-order valence-corrected chi connectivity index (χ1v) is 10.2. The summed E-state index contributed by atoms with van der Waals surface area (Å²) in [7, 11) is 0. The Labute approximate surface area is 172 Å². The number of halogens is 1. The van der Waals surface area contributed by atoms with Crippen molar-refractivity contribution in [3.63, 3.8) is 0 Å². The summed E-state index contributed by atoms with van der Waals surface area (Å²) in [4.78, 5) is 18.5. The normalized spacial score (nSPS) is 11.3. The molecule has 6 heteroatoms. The Morgan fingerprint density at radius 3 is 2.50 bits per heavy atom. The Kier molecular flexibility index (Phi) is 5.20. The highest BCUT2D eigenvalue weighted by Gasteiger charge is 2.12. The molecule has 0 amide bonds. The lowest BCUT2D eigenvalue weighted by Gasteiger charge is -2.10. The van der Waals surface area contributed by atoms with E-state index in [1.165, 1.54) is 11.3 Å². The summed E-state index contributed by atoms with van der Waals surface area (Å²) < 4.78 is 7.91. The van der Waals surface area contributed by atoms with Crippen molar-refractivity contribution in [1.82, 2.24) is 9.55 Å². The molecule has 0 N–H and O–H groups in total. The smallest absolute Gasteiger partial charge is 0.275 e. The number of fused-ring (bicyclic) bond motifs is 1. The van der Waals surface area contributed by atoms with Crippen LogP contribution in [-0.2, 0) is 0 Å². The second-order valence-electron chi connectivity index (χ2n) is 6.95. The van der Waals surface area contributed by atoms with Gasteiger partial charge in [0, 0.05) is 9.90 Å². The number of thiophene rings is 1. The summed E-state index contributed by atoms with van der Waals surface area (Å²) >= 11 is 7.41. The van der Waals surface area contributed by atoms with E-state index in [0.717, 1.165) is 21.9 Å². The summed E-state index contributed by atoms with van der Waals surface area (Å²) in [6.07, 6.45) is 1.58. The highest BCUT2D eigenvalue weighted by molar-refractivity contribution is 7.22. The zero-order valence-corrected chi connectivity index (χ0v) is 17.1. The molecule has 0 aliphatic heterocycles. The fourth-order valence-electron chi connectivity index (χ4n) is 2.82. The van der Waals surface area contributed by atoms with Crippen LogP contribution in [0.1, 0.15) is 13.8 Å². The van der Waals surface area contributed by atoms with Crippen LogP contribution in [-0.4, -0.2) is 16.2 Å². The minimum atomic E-state index is -0.0777. The van der Waals surface area contributed by atoms with Gasteiger partial charge in [-0.25, -0.2) is 4.98 Å². The molecule has 4 nitrogen and oxygen atoms in total. The molecule has 0 fully saturated rings. The van der Waals surface area contributed by atoms with E-state index in [9.17, 15) is 4.79 Å². The molecule has 28 heavy (non-hydrogen) atoms. The van der Waals surface area contributed by atoms with Gasteiger partial charge in [0.05, 0.1) is 17.8 Å². The quantitative estimate of drug-likeness (QED) is 0.417. The van der Waals surface area contributed by atoms with Crippen LogP contribution in [0.2, 0.25) is 5.02 Å². The van der Waals surface area contributed by atoms with Gasteiger partial charge >= 0.3 is 0 Å². The average Bonchev–Trinajstić information content (AvgIpc) is 3.13. The van der Waals surface area contributed by atoms with Crippen LogP contribution in [0.15, 0.2) is 65.7 Å². The summed E-state index contributed by atoms with van der Waals surface area (Å²) in [6, 6.07) is 17.0. The lowest BCUT2D eigenvalue weighted by atomic mass is 10.2. The first-order chi connectivity index (χ1) is 13.5. The van der Waals surface area contributed by atoms with E-state index in [0.29, 0.717) is 27.8 Å². The van der Waals surface area contributed by atoms with Crippen molar-refractivity contribution >= 4 is 33.2 Å². The lowest BCUT2D eigenvalue weighted by Crippen LogP contribution is -2.17. The molecule has 0 aliphatic carbocycles. The molecule has 142 valence electrons. The van der Waals surface area contributed by atoms with Crippen molar-refractivity contribution in [2.75, 3.05) is 6.61 Å². The van der Waals surface area contributed by atoms with E-state index in [1.807, 2.05) is 54.6 Å². The molecule has 0 atom stereocenters. The Morgan fingerprint density at radius 1 is 1.11 bits per heavy atom. The number of hydrogen-bond donors (Lipinski definition) is 0. The topological polar surface area (TPSA) is 44.1 Å². The number of benzene rings is 2. The van der Waals surface area contributed by atoms with Crippen molar-refractivity contribution in [3.05, 3.63) is 76.3 Å².